The standard InChI is InChI=1S/C14H17N3O3/c1-14(2,3)16-13(20)15-8-5-6-9-10(7-8)12(19)17(4)11(9)18/h5-7H,1-4H3,(H2,15,16,20). The fourth-order valence-electron chi connectivity index (χ4n) is 1.94. The first-order chi connectivity index (χ1) is 9.19. The van der Waals surface area contributed by atoms with Gasteiger partial charge in [-0.2, -0.15) is 0 Å². The zero-order valence-electron chi connectivity index (χ0n) is 11.9. The molecule has 0 bridgehead atoms. The number of urea groups is 1. The Hall–Kier alpha value is -2.37. The summed E-state index contributed by atoms with van der Waals surface area (Å²) < 4.78 is 0. The summed E-state index contributed by atoms with van der Waals surface area (Å²) >= 11 is 0. The summed E-state index contributed by atoms with van der Waals surface area (Å²) in [5.74, 6) is -0.680. The molecule has 106 valence electrons. The van der Waals surface area contributed by atoms with Gasteiger partial charge in [0, 0.05) is 18.3 Å². The minimum absolute atomic E-state index is 0.311. The molecule has 1 aromatic rings. The van der Waals surface area contributed by atoms with E-state index in [0.717, 1.165) is 4.90 Å². The third-order valence-electron chi connectivity index (χ3n) is 2.84. The molecule has 6 nitrogen and oxygen atoms in total. The van der Waals surface area contributed by atoms with Gasteiger partial charge in [-0.25, -0.2) is 4.79 Å². The van der Waals surface area contributed by atoms with E-state index in [1.54, 1.807) is 12.1 Å². The molecule has 0 aliphatic carbocycles. The number of nitrogens with one attached hydrogen (secondary N) is 2. The first kappa shape index (κ1) is 14.0. The van der Waals surface area contributed by atoms with Crippen molar-refractivity contribution in [1.82, 2.24) is 10.2 Å². The van der Waals surface area contributed by atoms with E-state index in [9.17, 15) is 14.4 Å². The Kier molecular flexibility index (Phi) is 3.25. The van der Waals surface area contributed by atoms with Crippen LogP contribution in [0.15, 0.2) is 18.2 Å². The fourth-order valence-corrected chi connectivity index (χ4v) is 1.94. The molecule has 0 atom stereocenters. The molecule has 1 aliphatic rings. The topological polar surface area (TPSA) is 78.5 Å². The zero-order chi connectivity index (χ0) is 15.1. The third-order valence-corrected chi connectivity index (χ3v) is 2.84. The Labute approximate surface area is 117 Å². The van der Waals surface area contributed by atoms with Crippen molar-refractivity contribution < 1.29 is 14.4 Å². The molecular formula is C14H17N3O3. The van der Waals surface area contributed by atoms with Gasteiger partial charge >= 0.3 is 6.03 Å². The largest absolute Gasteiger partial charge is 0.333 e. The molecule has 0 unspecified atom stereocenters. The van der Waals surface area contributed by atoms with E-state index in [4.69, 9.17) is 0 Å². The maximum Gasteiger partial charge on any atom is 0.319 e. The summed E-state index contributed by atoms with van der Waals surface area (Å²) in [7, 11) is 1.43. The molecule has 0 saturated heterocycles. The number of hydrogen-bond acceptors (Lipinski definition) is 3. The van der Waals surface area contributed by atoms with Gasteiger partial charge in [-0.05, 0) is 39.0 Å². The molecule has 1 heterocycles. The van der Waals surface area contributed by atoms with E-state index >= 15 is 0 Å². The van der Waals surface area contributed by atoms with Gasteiger partial charge in [0.15, 0.2) is 0 Å². The van der Waals surface area contributed by atoms with Crippen LogP contribution in [0, 0.1) is 0 Å². The predicted molar refractivity (Wildman–Crippen MR) is 74.8 cm³/mol. The van der Waals surface area contributed by atoms with Gasteiger partial charge in [0.25, 0.3) is 11.8 Å². The average molecular weight is 275 g/mol. The lowest BCUT2D eigenvalue weighted by Crippen LogP contribution is -2.43. The lowest BCUT2D eigenvalue weighted by Gasteiger charge is -2.20. The van der Waals surface area contributed by atoms with E-state index in [1.807, 2.05) is 20.8 Å². The summed E-state index contributed by atoms with van der Waals surface area (Å²) in [5, 5.41) is 5.40. The summed E-state index contributed by atoms with van der Waals surface area (Å²) in [6, 6.07) is 4.31. The van der Waals surface area contributed by atoms with Crippen LogP contribution in [0.5, 0.6) is 0 Å². The Morgan fingerprint density at radius 2 is 1.70 bits per heavy atom. The van der Waals surface area contributed by atoms with Gasteiger partial charge in [0.05, 0.1) is 11.1 Å². The van der Waals surface area contributed by atoms with Crippen LogP contribution in [0.25, 0.3) is 0 Å². The maximum atomic E-state index is 11.9. The summed E-state index contributed by atoms with van der Waals surface area (Å²) in [4.78, 5) is 36.4. The molecule has 0 spiro atoms. The van der Waals surface area contributed by atoms with Crippen molar-refractivity contribution >= 4 is 23.5 Å². The average Bonchev–Trinajstić information content (AvgIpc) is 2.52. The molecular weight excluding hydrogens is 258 g/mol. The van der Waals surface area contributed by atoms with Gasteiger partial charge in [-0.1, -0.05) is 0 Å². The summed E-state index contributed by atoms with van der Waals surface area (Å²) in [6.07, 6.45) is 0. The number of anilines is 1. The van der Waals surface area contributed by atoms with Crippen LogP contribution in [0.3, 0.4) is 0 Å². The van der Waals surface area contributed by atoms with Crippen LogP contribution in [-0.2, 0) is 0 Å². The number of hydrogen-bond donors (Lipinski definition) is 2. The minimum atomic E-state index is -0.359. The second-order valence-corrected chi connectivity index (χ2v) is 5.76. The van der Waals surface area contributed by atoms with E-state index in [0.29, 0.717) is 16.8 Å². The van der Waals surface area contributed by atoms with Crippen molar-refractivity contribution in [3.63, 3.8) is 0 Å². The Morgan fingerprint density at radius 1 is 1.10 bits per heavy atom. The number of amides is 4. The van der Waals surface area contributed by atoms with E-state index < -0.39 is 0 Å². The molecule has 2 N–H and O–H groups in total. The number of fused-ring (bicyclic) bond motifs is 1. The number of carbonyl (C=O) groups excluding carboxylic acids is 3. The van der Waals surface area contributed by atoms with Gasteiger partial charge in [-0.15, -0.1) is 0 Å². The van der Waals surface area contributed by atoms with Gasteiger partial charge in [0.2, 0.25) is 0 Å². The van der Waals surface area contributed by atoms with Crippen LogP contribution < -0.4 is 10.6 Å². The molecule has 1 aliphatic heterocycles. The van der Waals surface area contributed by atoms with Crippen molar-refractivity contribution in [3.05, 3.63) is 29.3 Å². The van der Waals surface area contributed by atoms with Gasteiger partial charge in [-0.3, -0.25) is 14.5 Å². The molecule has 4 amide bonds. The second-order valence-electron chi connectivity index (χ2n) is 5.76. The van der Waals surface area contributed by atoms with Crippen molar-refractivity contribution in [2.75, 3.05) is 12.4 Å². The number of nitrogens with zero attached hydrogens (tertiary/aromatic N) is 1. The maximum absolute atomic E-state index is 11.9. The lowest BCUT2D eigenvalue weighted by molar-refractivity contribution is 0.0693. The van der Waals surface area contributed by atoms with Gasteiger partial charge < -0.3 is 10.6 Å². The fraction of sp³-hybridized carbons (Fsp3) is 0.357. The van der Waals surface area contributed by atoms with Gasteiger partial charge in [0.1, 0.15) is 0 Å². The SMILES string of the molecule is CN1C(=O)c2ccc(NC(=O)NC(C)(C)C)cc2C1=O. The van der Waals surface area contributed by atoms with E-state index in [-0.39, 0.29) is 23.4 Å². The van der Waals surface area contributed by atoms with Crippen LogP contribution >= 0.6 is 0 Å². The predicted octanol–water partition coefficient (Wildman–Crippen LogP) is 1.83. The zero-order valence-corrected chi connectivity index (χ0v) is 11.9. The highest BCUT2D eigenvalue weighted by atomic mass is 16.2. The molecule has 2 rings (SSSR count). The number of rotatable bonds is 1. The van der Waals surface area contributed by atoms with Crippen molar-refractivity contribution in [2.24, 2.45) is 0 Å². The number of carbonyl (C=O) groups is 3. The van der Waals surface area contributed by atoms with Crippen LogP contribution in [0.4, 0.5) is 10.5 Å². The second kappa shape index (κ2) is 4.63. The minimum Gasteiger partial charge on any atom is -0.333 e. The highest BCUT2D eigenvalue weighted by Gasteiger charge is 2.32. The molecule has 1 aromatic carbocycles. The van der Waals surface area contributed by atoms with Crippen LogP contribution in [0.1, 0.15) is 41.5 Å². The summed E-state index contributed by atoms with van der Waals surface area (Å²) in [5.41, 5.74) is 0.791. The Bertz CT molecular complexity index is 602. The molecule has 0 saturated carbocycles. The third kappa shape index (κ3) is 2.64. The Balaban J connectivity index is 2.20. The highest BCUT2D eigenvalue weighted by Crippen LogP contribution is 2.24. The van der Waals surface area contributed by atoms with Crippen molar-refractivity contribution in [3.8, 4) is 0 Å². The Morgan fingerprint density at radius 3 is 2.30 bits per heavy atom. The number of imide groups is 1. The van der Waals surface area contributed by atoms with Crippen molar-refractivity contribution in [1.29, 1.82) is 0 Å². The molecule has 6 heteroatoms. The molecule has 0 aromatic heterocycles. The first-order valence-electron chi connectivity index (χ1n) is 6.24. The van der Waals surface area contributed by atoms with Crippen LogP contribution in [-0.4, -0.2) is 35.3 Å². The first-order valence-corrected chi connectivity index (χ1v) is 6.24. The number of benzene rings is 1. The van der Waals surface area contributed by atoms with E-state index in [1.165, 1.54) is 13.1 Å². The molecule has 0 radical (unpaired) electrons. The highest BCUT2D eigenvalue weighted by molar-refractivity contribution is 6.21. The summed E-state index contributed by atoms with van der Waals surface area (Å²) in [6.45, 7) is 5.60. The lowest BCUT2D eigenvalue weighted by atomic mass is 10.1. The normalized spacial score (nSPS) is 14.3. The molecule has 0 fully saturated rings. The molecule has 20 heavy (non-hydrogen) atoms. The van der Waals surface area contributed by atoms with E-state index in [2.05, 4.69) is 10.6 Å². The van der Waals surface area contributed by atoms with Crippen LogP contribution in [0.2, 0.25) is 0 Å². The monoisotopic (exact) mass is 275 g/mol. The smallest absolute Gasteiger partial charge is 0.319 e. The van der Waals surface area contributed by atoms with Crippen molar-refractivity contribution in [2.45, 2.75) is 26.3 Å². The quantitative estimate of drug-likeness (QED) is 0.767.